The smallest absolute Gasteiger partial charge is 0.173 e. The highest BCUT2D eigenvalue weighted by atomic mass is 16.5. The molecule has 0 unspecified atom stereocenters. The van der Waals surface area contributed by atoms with Gasteiger partial charge in [0.05, 0.1) is 6.20 Å². The molecule has 0 saturated carbocycles. The summed E-state index contributed by atoms with van der Waals surface area (Å²) >= 11 is 0. The zero-order valence-corrected chi connectivity index (χ0v) is 19.4. The SMILES string of the molecule is Cc1ccc(C)c(Oc2cn(C)nc2-c2ccc(OCc3ccc4ccccc4c3)cc2O)c1. The second-order valence-corrected chi connectivity index (χ2v) is 8.54. The van der Waals surface area contributed by atoms with E-state index in [1.54, 1.807) is 16.9 Å². The number of hydrogen-bond acceptors (Lipinski definition) is 4. The van der Waals surface area contributed by atoms with Gasteiger partial charge in [0.25, 0.3) is 0 Å². The maximum atomic E-state index is 10.8. The Bertz CT molecular complexity index is 1490. The van der Waals surface area contributed by atoms with E-state index in [9.17, 15) is 5.11 Å². The number of aromatic hydroxyl groups is 1. The molecule has 34 heavy (non-hydrogen) atoms. The molecule has 5 rings (SSSR count). The Balaban J connectivity index is 1.37. The van der Waals surface area contributed by atoms with Gasteiger partial charge in [0, 0.05) is 18.7 Å². The van der Waals surface area contributed by atoms with Gasteiger partial charge in [0.1, 0.15) is 29.5 Å². The third-order valence-corrected chi connectivity index (χ3v) is 5.80. The van der Waals surface area contributed by atoms with Crippen molar-refractivity contribution in [3.63, 3.8) is 0 Å². The number of nitrogens with zero attached hydrogens (tertiary/aromatic N) is 2. The second-order valence-electron chi connectivity index (χ2n) is 8.54. The van der Waals surface area contributed by atoms with Crippen LogP contribution < -0.4 is 9.47 Å². The van der Waals surface area contributed by atoms with E-state index in [-0.39, 0.29) is 5.75 Å². The topological polar surface area (TPSA) is 56.5 Å². The van der Waals surface area contributed by atoms with E-state index in [4.69, 9.17) is 9.47 Å². The molecule has 5 nitrogen and oxygen atoms in total. The van der Waals surface area contributed by atoms with Crippen molar-refractivity contribution < 1.29 is 14.6 Å². The third kappa shape index (κ3) is 4.46. The standard InChI is InChI=1S/C29H26N2O3/c1-19-8-9-20(2)27(14-19)34-28-17-31(3)30-29(28)25-13-12-24(16-26(25)32)33-18-21-10-11-22-6-4-5-7-23(22)15-21/h4-17,32H,18H2,1-3H3. The zero-order valence-electron chi connectivity index (χ0n) is 19.4. The Kier molecular flexibility index (Phi) is 5.68. The summed E-state index contributed by atoms with van der Waals surface area (Å²) < 4.78 is 13.8. The van der Waals surface area contributed by atoms with E-state index in [1.807, 2.05) is 57.3 Å². The Morgan fingerprint density at radius 2 is 1.68 bits per heavy atom. The molecule has 0 amide bonds. The van der Waals surface area contributed by atoms with Crippen LogP contribution in [0.5, 0.6) is 23.0 Å². The van der Waals surface area contributed by atoms with Crippen molar-refractivity contribution >= 4 is 10.8 Å². The highest BCUT2D eigenvalue weighted by molar-refractivity contribution is 5.83. The number of ether oxygens (including phenoxy) is 2. The lowest BCUT2D eigenvalue weighted by Gasteiger charge is -2.11. The summed E-state index contributed by atoms with van der Waals surface area (Å²) in [4.78, 5) is 0. The minimum absolute atomic E-state index is 0.0838. The Morgan fingerprint density at radius 3 is 2.50 bits per heavy atom. The molecule has 1 heterocycles. The summed E-state index contributed by atoms with van der Waals surface area (Å²) in [5.74, 6) is 2.02. The van der Waals surface area contributed by atoms with E-state index >= 15 is 0 Å². The zero-order chi connectivity index (χ0) is 23.7. The lowest BCUT2D eigenvalue weighted by atomic mass is 10.1. The first-order valence-electron chi connectivity index (χ1n) is 11.2. The first-order valence-corrected chi connectivity index (χ1v) is 11.2. The van der Waals surface area contributed by atoms with Crippen molar-refractivity contribution in [2.45, 2.75) is 20.5 Å². The predicted octanol–water partition coefficient (Wildman–Crippen LogP) is 6.93. The van der Waals surface area contributed by atoms with E-state index in [2.05, 4.69) is 41.5 Å². The number of hydrogen-bond donors (Lipinski definition) is 1. The van der Waals surface area contributed by atoms with Gasteiger partial charge in [0.15, 0.2) is 5.75 Å². The molecule has 5 aromatic rings. The molecule has 1 aromatic heterocycles. The monoisotopic (exact) mass is 450 g/mol. The lowest BCUT2D eigenvalue weighted by molar-refractivity contribution is 0.304. The Hall–Kier alpha value is -4.25. The largest absolute Gasteiger partial charge is 0.507 e. The molecule has 0 aliphatic carbocycles. The maximum absolute atomic E-state index is 10.8. The van der Waals surface area contributed by atoms with Gasteiger partial charge in [-0.15, -0.1) is 0 Å². The number of fused-ring (bicyclic) bond motifs is 1. The average molecular weight is 451 g/mol. The molecule has 0 saturated heterocycles. The number of phenols is 1. The number of benzene rings is 4. The summed E-state index contributed by atoms with van der Waals surface area (Å²) in [6.07, 6.45) is 1.81. The molecule has 0 bridgehead atoms. The molecule has 0 fully saturated rings. The van der Waals surface area contributed by atoms with Crippen LogP contribution in [0.3, 0.4) is 0 Å². The molecule has 0 atom stereocenters. The Labute approximate surface area is 198 Å². The fraction of sp³-hybridized carbons (Fsp3) is 0.138. The van der Waals surface area contributed by atoms with Crippen LogP contribution in [0.15, 0.2) is 85.1 Å². The molecular formula is C29H26N2O3. The van der Waals surface area contributed by atoms with Gasteiger partial charge in [0.2, 0.25) is 0 Å². The van der Waals surface area contributed by atoms with E-state index < -0.39 is 0 Å². The molecule has 0 aliphatic heterocycles. The molecule has 0 aliphatic rings. The quantitative estimate of drug-likeness (QED) is 0.305. The minimum Gasteiger partial charge on any atom is -0.507 e. The van der Waals surface area contributed by atoms with Crippen LogP contribution in [-0.4, -0.2) is 14.9 Å². The predicted molar refractivity (Wildman–Crippen MR) is 135 cm³/mol. The van der Waals surface area contributed by atoms with Crippen molar-refractivity contribution in [3.8, 4) is 34.3 Å². The molecule has 0 radical (unpaired) electrons. The summed E-state index contributed by atoms with van der Waals surface area (Å²) in [5, 5.41) is 17.7. The highest BCUT2D eigenvalue weighted by Crippen LogP contribution is 2.39. The van der Waals surface area contributed by atoms with Crippen molar-refractivity contribution in [1.82, 2.24) is 9.78 Å². The van der Waals surface area contributed by atoms with Gasteiger partial charge in [-0.05, 0) is 65.6 Å². The first kappa shape index (κ1) is 21.6. The maximum Gasteiger partial charge on any atom is 0.173 e. The van der Waals surface area contributed by atoms with Gasteiger partial charge in [-0.1, -0.05) is 48.5 Å². The number of phenolic OH excluding ortho intramolecular Hbond substituents is 1. The van der Waals surface area contributed by atoms with Crippen molar-refractivity contribution in [1.29, 1.82) is 0 Å². The molecular weight excluding hydrogens is 424 g/mol. The molecule has 5 heteroatoms. The molecule has 1 N–H and O–H groups in total. The van der Waals surface area contributed by atoms with E-state index in [1.165, 1.54) is 10.8 Å². The molecule has 170 valence electrons. The van der Waals surface area contributed by atoms with Gasteiger partial charge >= 0.3 is 0 Å². The van der Waals surface area contributed by atoms with Crippen molar-refractivity contribution in [2.24, 2.45) is 7.05 Å². The van der Waals surface area contributed by atoms with Crippen LogP contribution in [0, 0.1) is 13.8 Å². The van der Waals surface area contributed by atoms with Crippen LogP contribution in [-0.2, 0) is 13.7 Å². The fourth-order valence-corrected chi connectivity index (χ4v) is 3.96. The normalized spacial score (nSPS) is 11.0. The second kappa shape index (κ2) is 8.94. The Morgan fingerprint density at radius 1 is 0.853 bits per heavy atom. The minimum atomic E-state index is 0.0838. The fourth-order valence-electron chi connectivity index (χ4n) is 3.96. The van der Waals surface area contributed by atoms with Gasteiger partial charge in [-0.2, -0.15) is 5.10 Å². The lowest BCUT2D eigenvalue weighted by Crippen LogP contribution is -1.96. The van der Waals surface area contributed by atoms with Gasteiger partial charge in [-0.25, -0.2) is 0 Å². The highest BCUT2D eigenvalue weighted by Gasteiger charge is 2.17. The van der Waals surface area contributed by atoms with E-state index in [0.29, 0.717) is 29.4 Å². The summed E-state index contributed by atoms with van der Waals surface area (Å²) in [6, 6.07) is 25.8. The van der Waals surface area contributed by atoms with E-state index in [0.717, 1.165) is 22.4 Å². The number of aromatic nitrogens is 2. The van der Waals surface area contributed by atoms with Crippen LogP contribution in [0.2, 0.25) is 0 Å². The number of rotatable bonds is 6. The summed E-state index contributed by atoms with van der Waals surface area (Å²) in [7, 11) is 1.83. The third-order valence-electron chi connectivity index (χ3n) is 5.80. The van der Waals surface area contributed by atoms with Crippen molar-refractivity contribution in [3.05, 3.63) is 102 Å². The van der Waals surface area contributed by atoms with Crippen LogP contribution in [0.1, 0.15) is 16.7 Å². The van der Waals surface area contributed by atoms with Crippen LogP contribution in [0.4, 0.5) is 0 Å². The molecule has 4 aromatic carbocycles. The average Bonchev–Trinajstić information content (AvgIpc) is 3.19. The van der Waals surface area contributed by atoms with Crippen LogP contribution in [0.25, 0.3) is 22.0 Å². The van der Waals surface area contributed by atoms with Gasteiger partial charge < -0.3 is 14.6 Å². The van der Waals surface area contributed by atoms with Crippen LogP contribution >= 0.6 is 0 Å². The first-order chi connectivity index (χ1) is 16.5. The molecule has 0 spiro atoms. The van der Waals surface area contributed by atoms with Gasteiger partial charge in [-0.3, -0.25) is 4.68 Å². The summed E-state index contributed by atoms with van der Waals surface area (Å²) in [6.45, 7) is 4.44. The summed E-state index contributed by atoms with van der Waals surface area (Å²) in [5.41, 5.74) is 4.36. The van der Waals surface area contributed by atoms with Crippen molar-refractivity contribution in [2.75, 3.05) is 0 Å². The number of aryl methyl sites for hydroxylation is 3.